The van der Waals surface area contributed by atoms with Gasteiger partial charge in [0.2, 0.25) is 0 Å². The first-order valence-corrected chi connectivity index (χ1v) is 5.64. The first-order valence-electron chi connectivity index (χ1n) is 5.64. The molecule has 0 spiro atoms. The first kappa shape index (κ1) is 13.4. The number of ether oxygens (including phenoxy) is 1. The summed E-state index contributed by atoms with van der Waals surface area (Å²) >= 11 is 0. The standard InChI is InChI=1S/C12H21FN2O/c1-12(2,3)10-8-15-11(9-14-10)16-7-5-4-6-13/h10-11,14-15H,6-9H2,1-3H3. The van der Waals surface area contributed by atoms with Gasteiger partial charge in [-0.1, -0.05) is 32.6 Å². The number of hydrogen-bond donors (Lipinski definition) is 2. The van der Waals surface area contributed by atoms with Crippen LogP contribution >= 0.6 is 0 Å². The Morgan fingerprint density at radius 1 is 1.25 bits per heavy atom. The van der Waals surface area contributed by atoms with Gasteiger partial charge in [-0.3, -0.25) is 5.32 Å². The summed E-state index contributed by atoms with van der Waals surface area (Å²) in [5, 5.41) is 6.75. The molecule has 1 heterocycles. The van der Waals surface area contributed by atoms with Crippen LogP contribution in [0.3, 0.4) is 0 Å². The summed E-state index contributed by atoms with van der Waals surface area (Å²) in [6.45, 7) is 7.94. The third-order valence-corrected chi connectivity index (χ3v) is 2.69. The molecule has 1 aliphatic rings. The summed E-state index contributed by atoms with van der Waals surface area (Å²) in [5.41, 5.74) is 0.242. The quantitative estimate of drug-likeness (QED) is 0.689. The molecule has 1 saturated heterocycles. The number of nitrogens with one attached hydrogen (secondary N) is 2. The molecule has 0 aromatic rings. The molecule has 4 heteroatoms. The molecule has 92 valence electrons. The zero-order chi connectivity index (χ0) is 12.0. The average molecular weight is 228 g/mol. The van der Waals surface area contributed by atoms with Crippen molar-refractivity contribution in [3.63, 3.8) is 0 Å². The van der Waals surface area contributed by atoms with Gasteiger partial charge in [0, 0.05) is 19.1 Å². The van der Waals surface area contributed by atoms with E-state index in [9.17, 15) is 4.39 Å². The van der Waals surface area contributed by atoms with E-state index in [-0.39, 0.29) is 18.2 Å². The van der Waals surface area contributed by atoms with Crippen LogP contribution in [0, 0.1) is 17.3 Å². The van der Waals surface area contributed by atoms with Crippen molar-refractivity contribution in [3.8, 4) is 11.8 Å². The molecular weight excluding hydrogens is 207 g/mol. The molecule has 0 aromatic heterocycles. The lowest BCUT2D eigenvalue weighted by Gasteiger charge is -2.38. The van der Waals surface area contributed by atoms with Gasteiger partial charge in [0.05, 0.1) is 0 Å². The molecule has 3 nitrogen and oxygen atoms in total. The molecule has 1 fully saturated rings. The van der Waals surface area contributed by atoms with E-state index in [4.69, 9.17) is 4.74 Å². The Kier molecular flexibility index (Phi) is 5.20. The maximum absolute atomic E-state index is 11.7. The normalized spacial score (nSPS) is 26.0. The highest BCUT2D eigenvalue weighted by Crippen LogP contribution is 2.20. The van der Waals surface area contributed by atoms with Crippen LogP contribution in [-0.4, -0.2) is 38.6 Å². The van der Waals surface area contributed by atoms with E-state index in [2.05, 4.69) is 43.2 Å². The fourth-order valence-electron chi connectivity index (χ4n) is 1.61. The van der Waals surface area contributed by atoms with Crippen molar-refractivity contribution >= 4 is 0 Å². The molecule has 1 aliphatic heterocycles. The van der Waals surface area contributed by atoms with Gasteiger partial charge < -0.3 is 10.1 Å². The van der Waals surface area contributed by atoms with Crippen molar-refractivity contribution < 1.29 is 9.13 Å². The highest BCUT2D eigenvalue weighted by molar-refractivity contribution is 4.99. The smallest absolute Gasteiger partial charge is 0.150 e. The zero-order valence-electron chi connectivity index (χ0n) is 10.3. The molecule has 2 atom stereocenters. The Morgan fingerprint density at radius 3 is 2.50 bits per heavy atom. The Bertz CT molecular complexity index is 256. The lowest BCUT2D eigenvalue weighted by atomic mass is 9.86. The molecule has 2 unspecified atom stereocenters. The van der Waals surface area contributed by atoms with Crippen LogP contribution < -0.4 is 10.6 Å². The third kappa shape index (κ3) is 4.48. The van der Waals surface area contributed by atoms with Gasteiger partial charge in [-0.05, 0) is 5.41 Å². The number of alkyl halides is 1. The van der Waals surface area contributed by atoms with Crippen molar-refractivity contribution in [1.82, 2.24) is 10.6 Å². The molecule has 1 rings (SSSR count). The van der Waals surface area contributed by atoms with E-state index in [0.29, 0.717) is 6.04 Å². The Labute approximate surface area is 97.1 Å². The van der Waals surface area contributed by atoms with Crippen LogP contribution in [-0.2, 0) is 4.74 Å². The molecule has 0 bridgehead atoms. The molecule has 0 aliphatic carbocycles. The van der Waals surface area contributed by atoms with Crippen LogP contribution in [0.5, 0.6) is 0 Å². The first-order chi connectivity index (χ1) is 7.54. The minimum Gasteiger partial charge on any atom is -0.349 e. The average Bonchev–Trinajstić information content (AvgIpc) is 2.24. The molecule has 2 N–H and O–H groups in total. The van der Waals surface area contributed by atoms with Gasteiger partial charge in [-0.15, -0.1) is 0 Å². The summed E-state index contributed by atoms with van der Waals surface area (Å²) in [7, 11) is 0. The molecule has 0 saturated carbocycles. The minimum absolute atomic E-state index is 0.0208. The number of hydrogen-bond acceptors (Lipinski definition) is 3. The van der Waals surface area contributed by atoms with Gasteiger partial charge in [0.15, 0.2) is 0 Å². The molecule has 0 radical (unpaired) electrons. The summed E-state index contributed by atoms with van der Waals surface area (Å²) < 4.78 is 17.1. The fraction of sp³-hybridized carbons (Fsp3) is 0.833. The fourth-order valence-corrected chi connectivity index (χ4v) is 1.61. The zero-order valence-corrected chi connectivity index (χ0v) is 10.3. The number of piperazine rings is 1. The number of halogens is 1. The third-order valence-electron chi connectivity index (χ3n) is 2.69. The maximum atomic E-state index is 11.7. The van der Waals surface area contributed by atoms with E-state index >= 15 is 0 Å². The SMILES string of the molecule is CC(C)(C)C1CNC(OCC#CCF)CN1. The Balaban J connectivity index is 2.22. The summed E-state index contributed by atoms with van der Waals surface area (Å²) in [6.07, 6.45) is -0.0208. The molecule has 0 aromatic carbocycles. The molecule has 16 heavy (non-hydrogen) atoms. The predicted octanol–water partition coefficient (Wildman–Crippen LogP) is 0.909. The van der Waals surface area contributed by atoms with E-state index in [1.807, 2.05) is 0 Å². The maximum Gasteiger partial charge on any atom is 0.150 e. The van der Waals surface area contributed by atoms with Crippen LogP contribution in [0.25, 0.3) is 0 Å². The van der Waals surface area contributed by atoms with Crippen LogP contribution in [0.15, 0.2) is 0 Å². The lowest BCUT2D eigenvalue weighted by Crippen LogP contribution is -2.59. The summed E-state index contributed by atoms with van der Waals surface area (Å²) in [5.74, 6) is 4.94. The largest absolute Gasteiger partial charge is 0.349 e. The van der Waals surface area contributed by atoms with Gasteiger partial charge in [-0.2, -0.15) is 0 Å². The van der Waals surface area contributed by atoms with E-state index in [1.165, 1.54) is 0 Å². The van der Waals surface area contributed by atoms with Gasteiger partial charge in [-0.25, -0.2) is 4.39 Å². The molecule has 0 amide bonds. The van der Waals surface area contributed by atoms with Crippen molar-refractivity contribution in [1.29, 1.82) is 0 Å². The van der Waals surface area contributed by atoms with Gasteiger partial charge in [0.1, 0.15) is 19.5 Å². The van der Waals surface area contributed by atoms with Crippen LogP contribution in [0.1, 0.15) is 20.8 Å². The van der Waals surface area contributed by atoms with Gasteiger partial charge >= 0.3 is 0 Å². The van der Waals surface area contributed by atoms with Crippen molar-refractivity contribution in [2.75, 3.05) is 26.4 Å². The summed E-state index contributed by atoms with van der Waals surface area (Å²) in [6, 6.07) is 0.448. The van der Waals surface area contributed by atoms with Crippen molar-refractivity contribution in [3.05, 3.63) is 0 Å². The second-order valence-corrected chi connectivity index (χ2v) is 5.02. The van der Waals surface area contributed by atoms with Gasteiger partial charge in [0.25, 0.3) is 0 Å². The van der Waals surface area contributed by atoms with E-state index in [1.54, 1.807) is 0 Å². The topological polar surface area (TPSA) is 33.3 Å². The van der Waals surface area contributed by atoms with Crippen LogP contribution in [0.2, 0.25) is 0 Å². The minimum atomic E-state index is -0.605. The lowest BCUT2D eigenvalue weighted by molar-refractivity contribution is 0.0219. The predicted molar refractivity (Wildman–Crippen MR) is 62.7 cm³/mol. The highest BCUT2D eigenvalue weighted by atomic mass is 19.1. The van der Waals surface area contributed by atoms with Crippen molar-refractivity contribution in [2.24, 2.45) is 5.41 Å². The second kappa shape index (κ2) is 6.19. The Morgan fingerprint density at radius 2 is 2.00 bits per heavy atom. The van der Waals surface area contributed by atoms with E-state index in [0.717, 1.165) is 13.1 Å². The number of rotatable bonds is 2. The van der Waals surface area contributed by atoms with Crippen LogP contribution in [0.4, 0.5) is 4.39 Å². The summed E-state index contributed by atoms with van der Waals surface area (Å²) in [4.78, 5) is 0. The van der Waals surface area contributed by atoms with E-state index < -0.39 is 6.67 Å². The monoisotopic (exact) mass is 228 g/mol. The second-order valence-electron chi connectivity index (χ2n) is 5.02. The van der Waals surface area contributed by atoms with Crippen molar-refractivity contribution in [2.45, 2.75) is 33.0 Å². The Hall–Kier alpha value is -0.630. The highest BCUT2D eigenvalue weighted by Gasteiger charge is 2.28. The molecular formula is C12H21FN2O.